The van der Waals surface area contributed by atoms with Crippen molar-refractivity contribution >= 4 is 17.5 Å². The van der Waals surface area contributed by atoms with Gasteiger partial charge in [0.05, 0.1) is 24.4 Å². The van der Waals surface area contributed by atoms with Crippen LogP contribution in [-0.2, 0) is 16.1 Å². The summed E-state index contributed by atoms with van der Waals surface area (Å²) in [5.74, 6) is 0.719. The number of para-hydroxylation sites is 1. The molecule has 0 saturated carbocycles. The number of rotatable bonds is 9. The fourth-order valence-corrected chi connectivity index (χ4v) is 4.07. The molecule has 35 heavy (non-hydrogen) atoms. The molecule has 0 bridgehead atoms. The Balaban J connectivity index is 1.28. The molecule has 2 N–H and O–H groups in total. The molecule has 0 unspecified atom stereocenters. The number of aromatic nitrogens is 2. The lowest BCUT2D eigenvalue weighted by molar-refractivity contribution is -0.121. The summed E-state index contributed by atoms with van der Waals surface area (Å²) < 4.78 is 10.4. The Labute approximate surface area is 204 Å². The molecule has 2 heterocycles. The van der Waals surface area contributed by atoms with Gasteiger partial charge in [0.2, 0.25) is 17.6 Å². The Morgan fingerprint density at radius 1 is 1.11 bits per heavy atom. The number of carbonyl (C=O) groups excluding carboxylic acids is 2. The van der Waals surface area contributed by atoms with Crippen molar-refractivity contribution in [3.8, 4) is 11.4 Å². The highest BCUT2D eigenvalue weighted by Gasteiger charge is 2.27. The highest BCUT2D eigenvalue weighted by atomic mass is 16.5. The molecule has 1 aliphatic rings. The van der Waals surface area contributed by atoms with Gasteiger partial charge in [0.25, 0.3) is 5.91 Å². The summed E-state index contributed by atoms with van der Waals surface area (Å²) in [5, 5.41) is 9.85. The Kier molecular flexibility index (Phi) is 8.23. The van der Waals surface area contributed by atoms with Gasteiger partial charge in [0, 0.05) is 25.1 Å². The number of aryl methyl sites for hydroxylation is 1. The molecule has 0 atom stereocenters. The molecule has 1 fully saturated rings. The molecule has 1 aromatic heterocycles. The first kappa shape index (κ1) is 24.6. The van der Waals surface area contributed by atoms with E-state index in [0.717, 1.165) is 18.7 Å². The van der Waals surface area contributed by atoms with Crippen LogP contribution in [0, 0.1) is 12.8 Å². The molecule has 1 saturated heterocycles. The van der Waals surface area contributed by atoms with Gasteiger partial charge in [-0.05, 0) is 45.0 Å². The molecule has 2 aromatic carbocycles. The van der Waals surface area contributed by atoms with Crippen LogP contribution in [0.25, 0.3) is 11.4 Å². The minimum atomic E-state index is -0.239. The van der Waals surface area contributed by atoms with E-state index in [0.29, 0.717) is 55.5 Å². The summed E-state index contributed by atoms with van der Waals surface area (Å²) >= 11 is 0. The molecule has 0 radical (unpaired) electrons. The van der Waals surface area contributed by atoms with Crippen molar-refractivity contribution in [2.24, 2.45) is 5.92 Å². The van der Waals surface area contributed by atoms with E-state index in [1.807, 2.05) is 31.2 Å². The highest BCUT2D eigenvalue weighted by Crippen LogP contribution is 2.23. The number of hydrogen-bond acceptors (Lipinski definition) is 7. The Hall–Kier alpha value is -3.56. The molecule has 3 aromatic rings. The molecule has 0 spiro atoms. The van der Waals surface area contributed by atoms with Crippen LogP contribution in [0.15, 0.2) is 53.1 Å². The Morgan fingerprint density at radius 2 is 1.86 bits per heavy atom. The number of carbonyl (C=O) groups is 2. The SMILES string of the molecule is COCCNC(=O)c1ccccc1NC(=O)C1CCN(Cc2nc(-c3ccc(C)cc3)no2)CC1. The van der Waals surface area contributed by atoms with Crippen molar-refractivity contribution in [3.05, 3.63) is 65.5 Å². The van der Waals surface area contributed by atoms with Crippen LogP contribution in [0.3, 0.4) is 0 Å². The number of anilines is 1. The first-order valence-corrected chi connectivity index (χ1v) is 11.8. The molecule has 9 nitrogen and oxygen atoms in total. The van der Waals surface area contributed by atoms with Gasteiger partial charge in [-0.2, -0.15) is 4.98 Å². The van der Waals surface area contributed by atoms with Crippen molar-refractivity contribution in [1.29, 1.82) is 0 Å². The maximum atomic E-state index is 12.9. The van der Waals surface area contributed by atoms with Crippen LogP contribution in [-0.4, -0.2) is 60.2 Å². The predicted octanol–water partition coefficient (Wildman–Crippen LogP) is 3.27. The zero-order chi connectivity index (χ0) is 24.6. The summed E-state index contributed by atoms with van der Waals surface area (Å²) in [4.78, 5) is 32.1. The summed E-state index contributed by atoms with van der Waals surface area (Å²) in [6.45, 7) is 4.92. The van der Waals surface area contributed by atoms with Crippen molar-refractivity contribution in [3.63, 3.8) is 0 Å². The van der Waals surface area contributed by atoms with E-state index < -0.39 is 0 Å². The summed E-state index contributed by atoms with van der Waals surface area (Å²) in [6, 6.07) is 15.0. The second kappa shape index (κ2) is 11.7. The second-order valence-corrected chi connectivity index (χ2v) is 8.71. The van der Waals surface area contributed by atoms with Crippen molar-refractivity contribution in [2.75, 3.05) is 38.7 Å². The first-order valence-electron chi connectivity index (χ1n) is 11.8. The maximum Gasteiger partial charge on any atom is 0.253 e. The molecule has 4 rings (SSSR count). The van der Waals surface area contributed by atoms with Gasteiger partial charge in [0.1, 0.15) is 0 Å². The Bertz CT molecular complexity index is 1140. The first-order chi connectivity index (χ1) is 17.0. The summed E-state index contributed by atoms with van der Waals surface area (Å²) in [6.07, 6.45) is 1.43. The number of hydrogen-bond donors (Lipinski definition) is 2. The molecule has 1 aliphatic heterocycles. The molecular formula is C26H31N5O4. The van der Waals surface area contributed by atoms with Gasteiger partial charge in [-0.3, -0.25) is 14.5 Å². The lowest BCUT2D eigenvalue weighted by Crippen LogP contribution is -2.38. The normalized spacial score (nSPS) is 14.6. The minimum Gasteiger partial charge on any atom is -0.383 e. The van der Waals surface area contributed by atoms with E-state index in [4.69, 9.17) is 9.26 Å². The number of piperidine rings is 1. The largest absolute Gasteiger partial charge is 0.383 e. The van der Waals surface area contributed by atoms with Crippen molar-refractivity contribution < 1.29 is 18.8 Å². The molecule has 0 aliphatic carbocycles. The number of benzene rings is 2. The molecule has 184 valence electrons. The van der Waals surface area contributed by atoms with Crippen LogP contribution >= 0.6 is 0 Å². The van der Waals surface area contributed by atoms with E-state index in [1.165, 1.54) is 5.56 Å². The third kappa shape index (κ3) is 6.52. The van der Waals surface area contributed by atoms with Gasteiger partial charge in [-0.1, -0.05) is 47.1 Å². The maximum absolute atomic E-state index is 12.9. The van der Waals surface area contributed by atoms with Crippen molar-refractivity contribution in [1.82, 2.24) is 20.4 Å². The number of nitrogens with zero attached hydrogens (tertiary/aromatic N) is 3. The monoisotopic (exact) mass is 477 g/mol. The van der Waals surface area contributed by atoms with E-state index in [2.05, 4.69) is 25.7 Å². The van der Waals surface area contributed by atoms with Crippen molar-refractivity contribution in [2.45, 2.75) is 26.3 Å². The van der Waals surface area contributed by atoms with Crippen LogP contribution in [0.2, 0.25) is 0 Å². The number of nitrogens with one attached hydrogen (secondary N) is 2. The second-order valence-electron chi connectivity index (χ2n) is 8.71. The standard InChI is InChI=1S/C26H31N5O4/c1-18-7-9-19(10-8-18)24-29-23(35-30-24)17-31-14-11-20(12-15-31)25(32)28-22-6-4-3-5-21(22)26(33)27-13-16-34-2/h3-10,20H,11-17H2,1-2H3,(H,27,33)(H,28,32). The lowest BCUT2D eigenvalue weighted by Gasteiger charge is -2.30. The fraction of sp³-hybridized carbons (Fsp3) is 0.385. The molecule has 2 amide bonds. The summed E-state index contributed by atoms with van der Waals surface area (Å²) in [7, 11) is 1.58. The highest BCUT2D eigenvalue weighted by molar-refractivity contribution is 6.04. The zero-order valence-electron chi connectivity index (χ0n) is 20.1. The minimum absolute atomic E-state index is 0.0683. The topological polar surface area (TPSA) is 110 Å². The van der Waals surface area contributed by atoms with Gasteiger partial charge in [-0.15, -0.1) is 0 Å². The van der Waals surface area contributed by atoms with Crippen LogP contribution in [0.4, 0.5) is 5.69 Å². The van der Waals surface area contributed by atoms with Crippen LogP contribution < -0.4 is 10.6 Å². The number of ether oxygens (including phenoxy) is 1. The average Bonchev–Trinajstić information content (AvgIpc) is 3.33. The third-order valence-electron chi connectivity index (χ3n) is 6.12. The van der Waals surface area contributed by atoms with Crippen LogP contribution in [0.1, 0.15) is 34.7 Å². The quantitative estimate of drug-likeness (QED) is 0.455. The van der Waals surface area contributed by atoms with E-state index in [-0.39, 0.29) is 17.7 Å². The number of methoxy groups -OCH3 is 1. The van der Waals surface area contributed by atoms with Gasteiger partial charge >= 0.3 is 0 Å². The fourth-order valence-electron chi connectivity index (χ4n) is 4.07. The van der Waals surface area contributed by atoms with Crippen LogP contribution in [0.5, 0.6) is 0 Å². The predicted molar refractivity (Wildman–Crippen MR) is 132 cm³/mol. The lowest BCUT2D eigenvalue weighted by atomic mass is 9.95. The summed E-state index contributed by atoms with van der Waals surface area (Å²) in [5.41, 5.74) is 3.06. The van der Waals surface area contributed by atoms with Gasteiger partial charge in [0.15, 0.2) is 0 Å². The van der Waals surface area contributed by atoms with E-state index in [1.54, 1.807) is 31.4 Å². The molecular weight excluding hydrogens is 446 g/mol. The Morgan fingerprint density at radius 3 is 2.60 bits per heavy atom. The van der Waals surface area contributed by atoms with Gasteiger partial charge < -0.3 is 19.9 Å². The smallest absolute Gasteiger partial charge is 0.253 e. The number of likely N-dealkylation sites (tertiary alicyclic amines) is 1. The van der Waals surface area contributed by atoms with Gasteiger partial charge in [-0.25, -0.2) is 0 Å². The van der Waals surface area contributed by atoms with E-state index >= 15 is 0 Å². The zero-order valence-corrected chi connectivity index (χ0v) is 20.1. The number of amides is 2. The third-order valence-corrected chi connectivity index (χ3v) is 6.12. The molecule has 9 heteroatoms. The average molecular weight is 478 g/mol. The van der Waals surface area contributed by atoms with E-state index in [9.17, 15) is 9.59 Å².